The first-order valence-corrected chi connectivity index (χ1v) is 7.04. The van der Waals surface area contributed by atoms with E-state index in [4.69, 9.17) is 4.52 Å². The van der Waals surface area contributed by atoms with E-state index in [0.29, 0.717) is 5.89 Å². The van der Waals surface area contributed by atoms with E-state index < -0.39 is 0 Å². The molecule has 0 bridgehead atoms. The van der Waals surface area contributed by atoms with Crippen molar-refractivity contribution in [3.8, 4) is 22.6 Å². The Kier molecular flexibility index (Phi) is 3.34. The third-order valence-electron chi connectivity index (χ3n) is 3.34. The van der Waals surface area contributed by atoms with E-state index in [2.05, 4.69) is 55.2 Å². The van der Waals surface area contributed by atoms with Gasteiger partial charge in [-0.25, -0.2) is 0 Å². The predicted molar refractivity (Wildman–Crippen MR) is 83.9 cm³/mol. The number of hydrogen-bond donors (Lipinski definition) is 0. The molecule has 0 aliphatic carbocycles. The molecule has 106 valence electrons. The summed E-state index contributed by atoms with van der Waals surface area (Å²) in [6.07, 6.45) is 0. The molecule has 1 heterocycles. The summed E-state index contributed by atoms with van der Waals surface area (Å²) in [4.78, 5) is 4.48. The van der Waals surface area contributed by atoms with E-state index in [1.54, 1.807) is 0 Å². The molecule has 0 N–H and O–H groups in total. The normalized spacial score (nSPS) is 11.6. The van der Waals surface area contributed by atoms with Crippen LogP contribution in [0.1, 0.15) is 26.6 Å². The van der Waals surface area contributed by atoms with Gasteiger partial charge in [0.15, 0.2) is 5.82 Å². The van der Waals surface area contributed by atoms with E-state index in [-0.39, 0.29) is 5.41 Å². The molecule has 21 heavy (non-hydrogen) atoms. The molecule has 0 saturated heterocycles. The van der Waals surface area contributed by atoms with Crippen LogP contribution in [0.25, 0.3) is 22.6 Å². The summed E-state index contributed by atoms with van der Waals surface area (Å²) in [5.74, 6) is 1.30. The maximum absolute atomic E-state index is 5.36. The van der Waals surface area contributed by atoms with Crippen molar-refractivity contribution in [3.05, 3.63) is 60.4 Å². The van der Waals surface area contributed by atoms with Crippen LogP contribution in [0.5, 0.6) is 0 Å². The van der Waals surface area contributed by atoms with Crippen molar-refractivity contribution < 1.29 is 4.52 Å². The molecule has 1 aromatic heterocycles. The van der Waals surface area contributed by atoms with Crippen molar-refractivity contribution in [3.63, 3.8) is 0 Å². The fourth-order valence-electron chi connectivity index (χ4n) is 2.08. The van der Waals surface area contributed by atoms with E-state index in [1.165, 1.54) is 11.1 Å². The molecule has 0 spiro atoms. The average Bonchev–Trinajstić information content (AvgIpc) is 2.98. The Hall–Kier alpha value is -2.42. The number of nitrogens with zero attached hydrogens (tertiary/aromatic N) is 2. The number of hydrogen-bond acceptors (Lipinski definition) is 3. The Morgan fingerprint density at radius 2 is 1.33 bits per heavy atom. The van der Waals surface area contributed by atoms with Gasteiger partial charge in [0.25, 0.3) is 5.89 Å². The van der Waals surface area contributed by atoms with Crippen molar-refractivity contribution in [1.82, 2.24) is 10.1 Å². The van der Waals surface area contributed by atoms with Crippen LogP contribution in [0.4, 0.5) is 0 Å². The topological polar surface area (TPSA) is 38.9 Å². The molecule has 3 aromatic rings. The summed E-state index contributed by atoms with van der Waals surface area (Å²) in [6.45, 7) is 6.21. The van der Waals surface area contributed by atoms with Gasteiger partial charge in [-0.2, -0.15) is 4.98 Å². The van der Waals surface area contributed by atoms with Crippen LogP contribution in [0.2, 0.25) is 0 Å². The molecule has 0 saturated carbocycles. The van der Waals surface area contributed by atoms with Gasteiger partial charge in [-0.15, -0.1) is 0 Å². The molecule has 3 rings (SSSR count). The van der Waals surface area contributed by atoms with Crippen LogP contribution < -0.4 is 0 Å². The van der Waals surface area contributed by atoms with E-state index in [0.717, 1.165) is 11.4 Å². The highest BCUT2D eigenvalue weighted by Crippen LogP contribution is 2.26. The molecule has 0 atom stereocenters. The summed E-state index contributed by atoms with van der Waals surface area (Å²) in [5.41, 5.74) is 3.21. The third-order valence-corrected chi connectivity index (χ3v) is 3.34. The predicted octanol–water partition coefficient (Wildman–Crippen LogP) is 4.70. The van der Waals surface area contributed by atoms with Crippen molar-refractivity contribution >= 4 is 0 Å². The largest absolute Gasteiger partial charge is 0.334 e. The third kappa shape index (κ3) is 2.87. The molecule has 0 aliphatic rings. The maximum Gasteiger partial charge on any atom is 0.257 e. The van der Waals surface area contributed by atoms with Gasteiger partial charge >= 0.3 is 0 Å². The maximum atomic E-state index is 5.36. The SMILES string of the molecule is CC(C)(C)c1noc(-c2ccc(-c3ccccc3)cc2)n1. The van der Waals surface area contributed by atoms with Crippen LogP contribution in [0.15, 0.2) is 59.1 Å². The van der Waals surface area contributed by atoms with Gasteiger partial charge < -0.3 is 4.52 Å². The lowest BCUT2D eigenvalue weighted by molar-refractivity contribution is 0.402. The fraction of sp³-hybridized carbons (Fsp3) is 0.222. The Bertz CT molecular complexity index is 722. The number of aromatic nitrogens is 2. The van der Waals surface area contributed by atoms with Gasteiger partial charge in [0.1, 0.15) is 0 Å². The quantitative estimate of drug-likeness (QED) is 0.682. The second kappa shape index (κ2) is 5.17. The van der Waals surface area contributed by atoms with E-state index in [1.807, 2.05) is 30.3 Å². The van der Waals surface area contributed by atoms with Crippen molar-refractivity contribution in [2.24, 2.45) is 0 Å². The van der Waals surface area contributed by atoms with Crippen LogP contribution in [-0.2, 0) is 5.41 Å². The molecule has 2 aromatic carbocycles. The summed E-state index contributed by atoms with van der Waals surface area (Å²) in [7, 11) is 0. The zero-order valence-corrected chi connectivity index (χ0v) is 12.5. The summed E-state index contributed by atoms with van der Waals surface area (Å²) >= 11 is 0. The van der Waals surface area contributed by atoms with E-state index >= 15 is 0 Å². The molecule has 0 radical (unpaired) electrons. The van der Waals surface area contributed by atoms with Crippen molar-refractivity contribution in [1.29, 1.82) is 0 Å². The van der Waals surface area contributed by atoms with Crippen molar-refractivity contribution in [2.75, 3.05) is 0 Å². The fourth-order valence-corrected chi connectivity index (χ4v) is 2.08. The first-order valence-electron chi connectivity index (χ1n) is 7.04. The Morgan fingerprint density at radius 1 is 0.762 bits per heavy atom. The van der Waals surface area contributed by atoms with Gasteiger partial charge in [0, 0.05) is 11.0 Å². The minimum absolute atomic E-state index is 0.105. The highest BCUT2D eigenvalue weighted by atomic mass is 16.5. The molecule has 0 amide bonds. The van der Waals surface area contributed by atoms with Crippen LogP contribution in [0.3, 0.4) is 0 Å². The van der Waals surface area contributed by atoms with Crippen LogP contribution in [-0.4, -0.2) is 10.1 Å². The molecular formula is C18H18N2O. The standard InChI is InChI=1S/C18H18N2O/c1-18(2,3)17-19-16(21-20-17)15-11-9-14(10-12-15)13-7-5-4-6-8-13/h4-12H,1-3H3. The summed E-state index contributed by atoms with van der Waals surface area (Å²) in [6, 6.07) is 18.5. The average molecular weight is 278 g/mol. The van der Waals surface area contributed by atoms with Crippen LogP contribution in [0, 0.1) is 0 Å². The lowest BCUT2D eigenvalue weighted by Gasteiger charge is -2.10. The Morgan fingerprint density at radius 3 is 1.90 bits per heavy atom. The van der Waals surface area contributed by atoms with Gasteiger partial charge in [0.05, 0.1) is 0 Å². The lowest BCUT2D eigenvalue weighted by atomic mass is 9.96. The highest BCUT2D eigenvalue weighted by Gasteiger charge is 2.21. The van der Waals surface area contributed by atoms with Gasteiger partial charge in [-0.05, 0) is 23.3 Å². The lowest BCUT2D eigenvalue weighted by Crippen LogP contribution is -2.13. The number of rotatable bonds is 2. The van der Waals surface area contributed by atoms with Gasteiger partial charge in [-0.3, -0.25) is 0 Å². The minimum atomic E-state index is -0.105. The molecule has 3 heteroatoms. The first-order chi connectivity index (χ1) is 10.0. The zero-order valence-electron chi connectivity index (χ0n) is 12.5. The van der Waals surface area contributed by atoms with Crippen LogP contribution >= 0.6 is 0 Å². The minimum Gasteiger partial charge on any atom is -0.334 e. The first kappa shape index (κ1) is 13.6. The molecule has 0 fully saturated rings. The Labute approximate surface area is 124 Å². The smallest absolute Gasteiger partial charge is 0.257 e. The summed E-state index contributed by atoms with van der Waals surface area (Å²) in [5, 5.41) is 4.06. The molecule has 3 nitrogen and oxygen atoms in total. The van der Waals surface area contributed by atoms with Gasteiger partial charge in [-0.1, -0.05) is 68.4 Å². The summed E-state index contributed by atoms with van der Waals surface area (Å²) < 4.78 is 5.36. The monoisotopic (exact) mass is 278 g/mol. The Balaban J connectivity index is 1.89. The number of benzene rings is 2. The van der Waals surface area contributed by atoms with E-state index in [9.17, 15) is 0 Å². The second-order valence-corrected chi connectivity index (χ2v) is 6.12. The molecule has 0 unspecified atom stereocenters. The van der Waals surface area contributed by atoms with Gasteiger partial charge in [0.2, 0.25) is 0 Å². The molecular weight excluding hydrogens is 260 g/mol. The second-order valence-electron chi connectivity index (χ2n) is 6.12. The highest BCUT2D eigenvalue weighted by molar-refractivity contribution is 5.67. The van der Waals surface area contributed by atoms with Crippen molar-refractivity contribution in [2.45, 2.75) is 26.2 Å². The zero-order chi connectivity index (χ0) is 14.9. The molecule has 0 aliphatic heterocycles.